The highest BCUT2D eigenvalue weighted by Gasteiger charge is 2.55. The van der Waals surface area contributed by atoms with E-state index in [4.69, 9.17) is 0 Å². The first-order valence-electron chi connectivity index (χ1n) is 4.36. The van der Waals surface area contributed by atoms with E-state index in [0.717, 1.165) is 13.1 Å². The maximum Gasteiger partial charge on any atom is 0.317 e. The number of rotatable bonds is 0. The first-order valence-corrected chi connectivity index (χ1v) is 4.36. The minimum atomic E-state index is 0.166. The zero-order valence-corrected chi connectivity index (χ0v) is 6.47. The number of carbonyl (C=O) groups excluding carboxylic acids is 1. The van der Waals surface area contributed by atoms with Crippen molar-refractivity contribution >= 4 is 6.03 Å². The van der Waals surface area contributed by atoms with E-state index in [9.17, 15) is 4.79 Å². The zero-order valence-electron chi connectivity index (χ0n) is 6.47. The fourth-order valence-corrected chi connectivity index (χ4v) is 2.42. The van der Waals surface area contributed by atoms with Crippen LogP contribution in [0.25, 0.3) is 0 Å². The Morgan fingerprint density at radius 2 is 2.27 bits per heavy atom. The molecule has 0 aromatic heterocycles. The third kappa shape index (κ3) is 0.613. The van der Waals surface area contributed by atoms with E-state index in [1.807, 2.05) is 4.90 Å². The highest BCUT2D eigenvalue weighted by Crippen LogP contribution is 2.54. The van der Waals surface area contributed by atoms with Crippen LogP contribution >= 0.6 is 0 Å². The molecule has 1 aliphatic carbocycles. The second-order valence-electron chi connectivity index (χ2n) is 4.06. The third-order valence-electron chi connectivity index (χ3n) is 3.50. The van der Waals surface area contributed by atoms with E-state index in [1.165, 1.54) is 19.3 Å². The molecule has 0 unspecified atom stereocenters. The largest absolute Gasteiger partial charge is 0.333 e. The van der Waals surface area contributed by atoms with Crippen molar-refractivity contribution in [2.45, 2.75) is 25.3 Å². The summed E-state index contributed by atoms with van der Waals surface area (Å²) in [6, 6.07) is 0.655. The molecule has 3 heteroatoms. The molecule has 3 rings (SSSR count). The summed E-state index contributed by atoms with van der Waals surface area (Å²) in [5.74, 6) is 0. The number of hydrogen-bond donors (Lipinski definition) is 1. The topological polar surface area (TPSA) is 32.3 Å². The third-order valence-corrected chi connectivity index (χ3v) is 3.50. The van der Waals surface area contributed by atoms with E-state index < -0.39 is 0 Å². The van der Waals surface area contributed by atoms with Crippen molar-refractivity contribution in [3.05, 3.63) is 0 Å². The lowest BCUT2D eigenvalue weighted by Crippen LogP contribution is -2.39. The smallest absolute Gasteiger partial charge is 0.317 e. The molecule has 0 radical (unpaired) electrons. The standard InChI is InChI=1S/C8H12N2O/c11-7-9-6-5-10(7)4-3-8(6)1-2-8/h6H,1-5H2,(H,9,11)/t6-/m0/s1. The summed E-state index contributed by atoms with van der Waals surface area (Å²) in [6.45, 7) is 1.96. The molecule has 2 saturated heterocycles. The summed E-state index contributed by atoms with van der Waals surface area (Å²) in [4.78, 5) is 13.1. The molecule has 2 bridgehead atoms. The van der Waals surface area contributed by atoms with Gasteiger partial charge >= 0.3 is 6.03 Å². The minimum Gasteiger partial charge on any atom is -0.333 e. The number of fused-ring (bicyclic) bond motifs is 3. The Bertz CT molecular complexity index is 222. The van der Waals surface area contributed by atoms with E-state index in [1.54, 1.807) is 0 Å². The van der Waals surface area contributed by atoms with Crippen molar-refractivity contribution in [3.8, 4) is 0 Å². The molecule has 60 valence electrons. The van der Waals surface area contributed by atoms with Crippen molar-refractivity contribution < 1.29 is 4.79 Å². The normalized spacial score (nSPS) is 37.6. The van der Waals surface area contributed by atoms with Gasteiger partial charge in [0.05, 0.1) is 6.04 Å². The molecule has 2 heterocycles. The highest BCUT2D eigenvalue weighted by atomic mass is 16.2. The average molecular weight is 152 g/mol. The summed E-state index contributed by atoms with van der Waals surface area (Å²) >= 11 is 0. The second kappa shape index (κ2) is 1.54. The molecule has 1 saturated carbocycles. The number of nitrogens with one attached hydrogen (secondary N) is 1. The Labute approximate surface area is 65.7 Å². The van der Waals surface area contributed by atoms with E-state index in [2.05, 4.69) is 5.32 Å². The first kappa shape index (κ1) is 5.86. The lowest BCUT2D eigenvalue weighted by molar-refractivity contribution is 0.202. The van der Waals surface area contributed by atoms with Crippen molar-refractivity contribution in [2.75, 3.05) is 13.1 Å². The number of piperidine rings is 1. The Balaban J connectivity index is 1.92. The molecule has 2 aliphatic heterocycles. The van der Waals surface area contributed by atoms with Crippen LogP contribution in [0.5, 0.6) is 0 Å². The SMILES string of the molecule is O=C1N[C@H]2CN1CCC21CC1. The predicted octanol–water partition coefficient (Wildman–Crippen LogP) is 0.564. The maximum absolute atomic E-state index is 11.2. The molecule has 2 amide bonds. The summed E-state index contributed by atoms with van der Waals surface area (Å²) in [5.41, 5.74) is 0.544. The van der Waals surface area contributed by atoms with Gasteiger partial charge < -0.3 is 10.2 Å². The molecule has 1 N–H and O–H groups in total. The van der Waals surface area contributed by atoms with Crippen LogP contribution in [0.2, 0.25) is 0 Å². The van der Waals surface area contributed by atoms with E-state index in [0.29, 0.717) is 11.5 Å². The highest BCUT2D eigenvalue weighted by molar-refractivity contribution is 5.77. The van der Waals surface area contributed by atoms with Crippen molar-refractivity contribution in [1.82, 2.24) is 10.2 Å². The van der Waals surface area contributed by atoms with Gasteiger partial charge in [0.25, 0.3) is 0 Å². The van der Waals surface area contributed by atoms with Crippen molar-refractivity contribution in [1.29, 1.82) is 0 Å². The van der Waals surface area contributed by atoms with Gasteiger partial charge in [-0.15, -0.1) is 0 Å². The predicted molar refractivity (Wildman–Crippen MR) is 40.2 cm³/mol. The minimum absolute atomic E-state index is 0.166. The summed E-state index contributed by atoms with van der Waals surface area (Å²) in [5, 5.41) is 3.06. The number of nitrogens with zero attached hydrogens (tertiary/aromatic N) is 1. The van der Waals surface area contributed by atoms with Gasteiger partial charge in [0.15, 0.2) is 0 Å². The van der Waals surface area contributed by atoms with Gasteiger partial charge in [0, 0.05) is 13.1 Å². The molecular weight excluding hydrogens is 140 g/mol. The molecule has 1 atom stereocenters. The van der Waals surface area contributed by atoms with Gasteiger partial charge in [-0.2, -0.15) is 0 Å². The quantitative estimate of drug-likeness (QED) is 0.540. The number of amides is 2. The molecular formula is C8H12N2O. The lowest BCUT2D eigenvalue weighted by Gasteiger charge is -2.28. The van der Waals surface area contributed by atoms with Gasteiger partial charge in [-0.1, -0.05) is 0 Å². The van der Waals surface area contributed by atoms with Crippen LogP contribution in [-0.2, 0) is 0 Å². The van der Waals surface area contributed by atoms with Crippen LogP contribution < -0.4 is 5.32 Å². The van der Waals surface area contributed by atoms with Gasteiger partial charge in [-0.3, -0.25) is 0 Å². The van der Waals surface area contributed by atoms with Crippen LogP contribution in [0.1, 0.15) is 19.3 Å². The molecule has 3 nitrogen and oxygen atoms in total. The van der Waals surface area contributed by atoms with Crippen LogP contribution in [0.15, 0.2) is 0 Å². The zero-order chi connectivity index (χ0) is 7.47. The Hall–Kier alpha value is -0.730. The summed E-state index contributed by atoms with van der Waals surface area (Å²) in [6.07, 6.45) is 3.91. The molecule has 3 fully saturated rings. The first-order chi connectivity index (χ1) is 5.30. The Morgan fingerprint density at radius 3 is 3.00 bits per heavy atom. The molecule has 0 aromatic carbocycles. The Morgan fingerprint density at radius 1 is 1.45 bits per heavy atom. The molecule has 3 aliphatic rings. The molecule has 1 spiro atoms. The maximum atomic E-state index is 11.2. The van der Waals surface area contributed by atoms with Gasteiger partial charge in [-0.25, -0.2) is 4.79 Å². The summed E-state index contributed by atoms with van der Waals surface area (Å²) < 4.78 is 0. The van der Waals surface area contributed by atoms with Crippen LogP contribution in [0.3, 0.4) is 0 Å². The number of urea groups is 1. The van der Waals surface area contributed by atoms with E-state index in [-0.39, 0.29) is 6.03 Å². The van der Waals surface area contributed by atoms with Crippen LogP contribution in [0, 0.1) is 5.41 Å². The average Bonchev–Trinajstić information content (AvgIpc) is 2.70. The fourth-order valence-electron chi connectivity index (χ4n) is 2.42. The lowest BCUT2D eigenvalue weighted by atomic mass is 9.90. The van der Waals surface area contributed by atoms with Gasteiger partial charge in [0.2, 0.25) is 0 Å². The second-order valence-corrected chi connectivity index (χ2v) is 4.06. The van der Waals surface area contributed by atoms with Gasteiger partial charge in [0.1, 0.15) is 0 Å². The molecule has 11 heavy (non-hydrogen) atoms. The Kier molecular flexibility index (Phi) is 0.822. The fraction of sp³-hybridized carbons (Fsp3) is 0.875. The number of carbonyl (C=O) groups is 1. The van der Waals surface area contributed by atoms with E-state index >= 15 is 0 Å². The van der Waals surface area contributed by atoms with Crippen LogP contribution in [-0.4, -0.2) is 30.1 Å². The van der Waals surface area contributed by atoms with Crippen LogP contribution in [0.4, 0.5) is 4.79 Å². The van der Waals surface area contributed by atoms with Gasteiger partial charge in [-0.05, 0) is 24.7 Å². The molecule has 0 aromatic rings. The van der Waals surface area contributed by atoms with Crippen molar-refractivity contribution in [2.24, 2.45) is 5.41 Å². The van der Waals surface area contributed by atoms with Crippen molar-refractivity contribution in [3.63, 3.8) is 0 Å². The monoisotopic (exact) mass is 152 g/mol. The summed E-state index contributed by atoms with van der Waals surface area (Å²) in [7, 11) is 0. The number of hydrogen-bond acceptors (Lipinski definition) is 1.